The monoisotopic (exact) mass is 282 g/mol. The minimum absolute atomic E-state index is 0.217. The highest BCUT2D eigenvalue weighted by Gasteiger charge is 2.16. The number of anilines is 1. The zero-order chi connectivity index (χ0) is 15.2. The lowest BCUT2D eigenvalue weighted by Crippen LogP contribution is -2.07. The third-order valence-corrected chi connectivity index (χ3v) is 2.95. The van der Waals surface area contributed by atoms with Crippen molar-refractivity contribution in [2.45, 2.75) is 26.7 Å². The average Bonchev–Trinajstić information content (AvgIpc) is 2.47. The van der Waals surface area contributed by atoms with E-state index in [1.54, 1.807) is 24.3 Å². The van der Waals surface area contributed by atoms with Crippen LogP contribution in [0.2, 0.25) is 0 Å². The molecule has 2 rings (SSSR count). The van der Waals surface area contributed by atoms with Crippen molar-refractivity contribution in [3.8, 4) is 17.7 Å². The Hall–Kier alpha value is -2.61. The highest BCUT2D eigenvalue weighted by Crippen LogP contribution is 2.32. The van der Waals surface area contributed by atoms with Crippen LogP contribution in [0.5, 0.6) is 11.6 Å². The molecule has 0 aliphatic rings. The van der Waals surface area contributed by atoms with Gasteiger partial charge in [-0.2, -0.15) is 5.26 Å². The minimum Gasteiger partial charge on any atom is -0.438 e. The molecule has 1 aromatic carbocycles. The number of rotatable bonds is 5. The molecule has 1 heterocycles. The maximum atomic E-state index is 8.94. The summed E-state index contributed by atoms with van der Waals surface area (Å²) < 4.78 is 5.86. The fraction of sp³-hybridized carbons (Fsp3) is 0.312. The largest absolute Gasteiger partial charge is 0.438 e. The molecule has 0 radical (unpaired) electrons. The Labute approximate surface area is 124 Å². The van der Waals surface area contributed by atoms with Gasteiger partial charge in [-0.1, -0.05) is 19.9 Å². The van der Waals surface area contributed by atoms with Crippen LogP contribution in [0.1, 0.15) is 37.8 Å². The fourth-order valence-electron chi connectivity index (χ4n) is 2.03. The van der Waals surface area contributed by atoms with Crippen molar-refractivity contribution in [2.75, 3.05) is 11.9 Å². The van der Waals surface area contributed by atoms with Crippen LogP contribution in [0.4, 0.5) is 5.82 Å². The van der Waals surface area contributed by atoms with Crippen molar-refractivity contribution in [2.24, 2.45) is 0 Å². The van der Waals surface area contributed by atoms with Gasteiger partial charge in [0.1, 0.15) is 17.9 Å². The van der Waals surface area contributed by atoms with Crippen LogP contribution in [0.3, 0.4) is 0 Å². The van der Waals surface area contributed by atoms with Crippen molar-refractivity contribution in [1.82, 2.24) is 9.97 Å². The van der Waals surface area contributed by atoms with E-state index >= 15 is 0 Å². The number of benzene rings is 1. The number of nitriles is 1. The molecule has 0 spiro atoms. The zero-order valence-corrected chi connectivity index (χ0v) is 12.4. The van der Waals surface area contributed by atoms with Crippen molar-refractivity contribution >= 4 is 5.82 Å². The molecule has 0 unspecified atom stereocenters. The van der Waals surface area contributed by atoms with Gasteiger partial charge in [-0.25, -0.2) is 9.97 Å². The topological polar surface area (TPSA) is 70.8 Å². The van der Waals surface area contributed by atoms with Gasteiger partial charge in [0.2, 0.25) is 5.88 Å². The van der Waals surface area contributed by atoms with Gasteiger partial charge in [0.15, 0.2) is 0 Å². The van der Waals surface area contributed by atoms with Crippen molar-refractivity contribution < 1.29 is 4.74 Å². The molecule has 5 heteroatoms. The molecule has 2 aromatic rings. The van der Waals surface area contributed by atoms with Gasteiger partial charge in [-0.15, -0.1) is 0 Å². The van der Waals surface area contributed by atoms with Crippen LogP contribution in [-0.2, 0) is 0 Å². The Morgan fingerprint density at radius 2 is 2.14 bits per heavy atom. The van der Waals surface area contributed by atoms with Crippen LogP contribution in [0, 0.1) is 11.3 Å². The van der Waals surface area contributed by atoms with E-state index in [0.29, 0.717) is 17.2 Å². The van der Waals surface area contributed by atoms with Crippen molar-refractivity contribution in [3.63, 3.8) is 0 Å². The van der Waals surface area contributed by atoms with Gasteiger partial charge in [0.05, 0.1) is 17.2 Å². The van der Waals surface area contributed by atoms with Gasteiger partial charge in [0, 0.05) is 6.54 Å². The highest BCUT2D eigenvalue weighted by molar-refractivity contribution is 5.51. The molecule has 1 aromatic heterocycles. The van der Waals surface area contributed by atoms with E-state index in [-0.39, 0.29) is 5.92 Å². The standard InChI is InChI=1S/C16H18N4O/c1-4-18-15-14(11(2)3)16(20-10-19-15)21-13-7-5-6-12(8-13)9-17/h5-8,10-11H,4H2,1-3H3,(H,18,19,20). The molecular formula is C16H18N4O. The lowest BCUT2D eigenvalue weighted by Gasteiger charge is -2.16. The Balaban J connectivity index is 2.39. The van der Waals surface area contributed by atoms with Crippen LogP contribution in [0.15, 0.2) is 30.6 Å². The molecule has 108 valence electrons. The summed E-state index contributed by atoms with van der Waals surface area (Å²) in [5, 5.41) is 12.2. The summed E-state index contributed by atoms with van der Waals surface area (Å²) >= 11 is 0. The minimum atomic E-state index is 0.217. The number of aromatic nitrogens is 2. The second-order valence-electron chi connectivity index (χ2n) is 4.87. The molecule has 0 saturated carbocycles. The molecular weight excluding hydrogens is 264 g/mol. The van der Waals surface area contributed by atoms with E-state index in [2.05, 4.69) is 35.2 Å². The summed E-state index contributed by atoms with van der Waals surface area (Å²) in [6, 6.07) is 9.12. The van der Waals surface area contributed by atoms with Crippen molar-refractivity contribution in [3.05, 3.63) is 41.7 Å². The lowest BCUT2D eigenvalue weighted by molar-refractivity contribution is 0.451. The molecule has 0 amide bonds. The zero-order valence-electron chi connectivity index (χ0n) is 12.4. The number of ether oxygens (including phenoxy) is 1. The molecule has 0 atom stereocenters. The lowest BCUT2D eigenvalue weighted by atomic mass is 10.1. The van der Waals surface area contributed by atoms with E-state index in [9.17, 15) is 0 Å². The van der Waals surface area contributed by atoms with E-state index in [4.69, 9.17) is 10.00 Å². The average molecular weight is 282 g/mol. The van der Waals surface area contributed by atoms with Crippen molar-refractivity contribution in [1.29, 1.82) is 5.26 Å². The molecule has 0 bridgehead atoms. The van der Waals surface area contributed by atoms with E-state index in [1.165, 1.54) is 6.33 Å². The highest BCUT2D eigenvalue weighted by atomic mass is 16.5. The number of hydrogen-bond acceptors (Lipinski definition) is 5. The smallest absolute Gasteiger partial charge is 0.227 e. The van der Waals surface area contributed by atoms with Gasteiger partial charge in [-0.3, -0.25) is 0 Å². The number of nitrogens with zero attached hydrogens (tertiary/aromatic N) is 3. The van der Waals surface area contributed by atoms with E-state index in [1.807, 2.05) is 6.92 Å². The first-order valence-electron chi connectivity index (χ1n) is 6.92. The third-order valence-electron chi connectivity index (χ3n) is 2.95. The number of hydrogen-bond donors (Lipinski definition) is 1. The molecule has 0 saturated heterocycles. The van der Waals surface area contributed by atoms with E-state index < -0.39 is 0 Å². The van der Waals surface area contributed by atoms with Crippen LogP contribution < -0.4 is 10.1 Å². The predicted molar refractivity (Wildman–Crippen MR) is 81.5 cm³/mol. The quantitative estimate of drug-likeness (QED) is 0.905. The Morgan fingerprint density at radius 1 is 1.33 bits per heavy atom. The molecule has 5 nitrogen and oxygen atoms in total. The molecule has 0 fully saturated rings. The fourth-order valence-corrected chi connectivity index (χ4v) is 2.03. The summed E-state index contributed by atoms with van der Waals surface area (Å²) in [7, 11) is 0. The van der Waals surface area contributed by atoms with Crippen LogP contribution in [0.25, 0.3) is 0 Å². The summed E-state index contributed by atoms with van der Waals surface area (Å²) in [5.41, 5.74) is 1.49. The van der Waals surface area contributed by atoms with Gasteiger partial charge >= 0.3 is 0 Å². The second-order valence-corrected chi connectivity index (χ2v) is 4.87. The Morgan fingerprint density at radius 3 is 2.81 bits per heavy atom. The maximum absolute atomic E-state index is 8.94. The maximum Gasteiger partial charge on any atom is 0.227 e. The molecule has 0 aliphatic heterocycles. The SMILES string of the molecule is CCNc1ncnc(Oc2cccc(C#N)c2)c1C(C)C. The first-order valence-corrected chi connectivity index (χ1v) is 6.92. The van der Waals surface area contributed by atoms with E-state index in [0.717, 1.165) is 17.9 Å². The summed E-state index contributed by atoms with van der Waals surface area (Å²) in [6.07, 6.45) is 1.48. The number of nitrogens with one attached hydrogen (secondary N) is 1. The Bertz CT molecular complexity index is 662. The van der Waals surface area contributed by atoms with Gasteiger partial charge in [-0.05, 0) is 31.0 Å². The summed E-state index contributed by atoms with van der Waals surface area (Å²) in [4.78, 5) is 8.51. The first-order chi connectivity index (χ1) is 10.2. The van der Waals surface area contributed by atoms with Crippen LogP contribution in [-0.4, -0.2) is 16.5 Å². The van der Waals surface area contributed by atoms with Crippen LogP contribution >= 0.6 is 0 Å². The summed E-state index contributed by atoms with van der Waals surface area (Å²) in [5.74, 6) is 2.12. The molecule has 21 heavy (non-hydrogen) atoms. The predicted octanol–water partition coefficient (Wildman–Crippen LogP) is 3.70. The normalized spacial score (nSPS) is 10.2. The molecule has 1 N–H and O–H groups in total. The van der Waals surface area contributed by atoms with Gasteiger partial charge < -0.3 is 10.1 Å². The second kappa shape index (κ2) is 6.71. The van der Waals surface area contributed by atoms with Gasteiger partial charge in [0.25, 0.3) is 0 Å². The Kier molecular flexibility index (Phi) is 4.72. The third kappa shape index (κ3) is 3.48. The summed E-state index contributed by atoms with van der Waals surface area (Å²) in [6.45, 7) is 6.93. The first kappa shape index (κ1) is 14.8. The molecule has 0 aliphatic carbocycles.